The van der Waals surface area contributed by atoms with Crippen LogP contribution < -0.4 is 0 Å². The first-order chi connectivity index (χ1) is 5.79. The minimum Gasteiger partial charge on any atom is -0.350 e. The van der Waals surface area contributed by atoms with Crippen LogP contribution in [0.1, 0.15) is 26.2 Å². The summed E-state index contributed by atoms with van der Waals surface area (Å²) in [6.07, 6.45) is 6.12. The molecule has 2 aliphatic heterocycles. The van der Waals surface area contributed by atoms with Gasteiger partial charge in [-0.05, 0) is 13.3 Å². The molecule has 0 aromatic carbocycles. The Morgan fingerprint density at radius 2 is 2.33 bits per heavy atom. The van der Waals surface area contributed by atoms with Crippen molar-refractivity contribution >= 4 is 0 Å². The van der Waals surface area contributed by atoms with Gasteiger partial charge in [-0.3, -0.25) is 0 Å². The molecule has 2 heterocycles. The van der Waals surface area contributed by atoms with Gasteiger partial charge in [-0.1, -0.05) is 11.6 Å². The molecule has 1 aliphatic carbocycles. The Bertz CT molecular complexity index is 230. The second-order valence-corrected chi connectivity index (χ2v) is 4.16. The second kappa shape index (κ2) is 2.12. The van der Waals surface area contributed by atoms with E-state index in [0.717, 1.165) is 19.4 Å². The highest BCUT2D eigenvalue weighted by molar-refractivity contribution is 5.30. The third-order valence-electron chi connectivity index (χ3n) is 3.21. The van der Waals surface area contributed by atoms with Crippen LogP contribution in [0.3, 0.4) is 0 Å². The lowest BCUT2D eigenvalue weighted by Crippen LogP contribution is -2.51. The van der Waals surface area contributed by atoms with Gasteiger partial charge in [0.25, 0.3) is 0 Å². The topological polar surface area (TPSA) is 18.5 Å². The van der Waals surface area contributed by atoms with Gasteiger partial charge in [-0.15, -0.1) is 0 Å². The smallest absolute Gasteiger partial charge is 0.171 e. The average molecular weight is 166 g/mol. The molecular weight excluding hydrogens is 152 g/mol. The van der Waals surface area contributed by atoms with E-state index in [9.17, 15) is 0 Å². The third kappa shape index (κ3) is 0.882. The fraction of sp³-hybridized carbons (Fsp3) is 0.800. The molecule has 3 unspecified atom stereocenters. The standard InChI is InChI=1S/C10H14O2/c1-7-5-8(7)9-6-10(12-9)3-2-4-11-10/h5,8-9H,2-4,6H2,1H3. The lowest BCUT2D eigenvalue weighted by atomic mass is 9.93. The minimum absolute atomic E-state index is 0.138. The van der Waals surface area contributed by atoms with Gasteiger partial charge in [0.15, 0.2) is 5.79 Å². The van der Waals surface area contributed by atoms with Crippen LogP contribution >= 0.6 is 0 Å². The Kier molecular flexibility index (Phi) is 1.25. The lowest BCUT2D eigenvalue weighted by Gasteiger charge is -2.44. The maximum atomic E-state index is 5.81. The summed E-state index contributed by atoms with van der Waals surface area (Å²) in [5, 5.41) is 0. The summed E-state index contributed by atoms with van der Waals surface area (Å²) < 4.78 is 11.4. The van der Waals surface area contributed by atoms with E-state index in [4.69, 9.17) is 9.47 Å². The van der Waals surface area contributed by atoms with Gasteiger partial charge < -0.3 is 9.47 Å². The number of ether oxygens (including phenoxy) is 2. The van der Waals surface area contributed by atoms with Gasteiger partial charge in [0.05, 0.1) is 12.7 Å². The monoisotopic (exact) mass is 166 g/mol. The molecule has 2 saturated heterocycles. The van der Waals surface area contributed by atoms with Crippen molar-refractivity contribution in [1.29, 1.82) is 0 Å². The van der Waals surface area contributed by atoms with Crippen molar-refractivity contribution in [2.45, 2.75) is 38.1 Å². The SMILES string of the molecule is CC1=CC1C1CC2(CCCO2)O1. The summed E-state index contributed by atoms with van der Waals surface area (Å²) in [7, 11) is 0. The molecule has 2 fully saturated rings. The largest absolute Gasteiger partial charge is 0.350 e. The van der Waals surface area contributed by atoms with Crippen molar-refractivity contribution in [3.05, 3.63) is 11.6 Å². The molecule has 0 N–H and O–H groups in total. The van der Waals surface area contributed by atoms with E-state index in [1.807, 2.05) is 0 Å². The Morgan fingerprint density at radius 3 is 2.83 bits per heavy atom. The van der Waals surface area contributed by atoms with Crippen molar-refractivity contribution in [2.75, 3.05) is 6.61 Å². The highest BCUT2D eigenvalue weighted by atomic mass is 16.7. The van der Waals surface area contributed by atoms with Crippen molar-refractivity contribution in [2.24, 2.45) is 5.92 Å². The fourth-order valence-corrected chi connectivity index (χ4v) is 2.33. The van der Waals surface area contributed by atoms with Crippen LogP contribution in [0.25, 0.3) is 0 Å². The highest BCUT2D eigenvalue weighted by Gasteiger charge is 2.53. The molecule has 2 nitrogen and oxygen atoms in total. The van der Waals surface area contributed by atoms with E-state index in [0.29, 0.717) is 12.0 Å². The number of hydrogen-bond acceptors (Lipinski definition) is 2. The number of rotatable bonds is 1. The van der Waals surface area contributed by atoms with E-state index in [2.05, 4.69) is 13.0 Å². The molecule has 12 heavy (non-hydrogen) atoms. The third-order valence-corrected chi connectivity index (χ3v) is 3.21. The molecule has 1 spiro atoms. The highest BCUT2D eigenvalue weighted by Crippen LogP contribution is 2.49. The van der Waals surface area contributed by atoms with Crippen molar-refractivity contribution in [1.82, 2.24) is 0 Å². The van der Waals surface area contributed by atoms with E-state index in [1.54, 1.807) is 0 Å². The Balaban J connectivity index is 1.57. The van der Waals surface area contributed by atoms with Gasteiger partial charge >= 0.3 is 0 Å². The Labute approximate surface area is 72.5 Å². The summed E-state index contributed by atoms with van der Waals surface area (Å²) in [4.78, 5) is 0. The van der Waals surface area contributed by atoms with Crippen LogP contribution in [0.5, 0.6) is 0 Å². The molecule has 0 amide bonds. The van der Waals surface area contributed by atoms with Crippen molar-refractivity contribution < 1.29 is 9.47 Å². The number of hydrogen-bond donors (Lipinski definition) is 0. The molecule has 66 valence electrons. The molecular formula is C10H14O2. The predicted molar refractivity (Wildman–Crippen MR) is 44.7 cm³/mol. The van der Waals surface area contributed by atoms with Crippen LogP contribution in [-0.4, -0.2) is 18.5 Å². The molecule has 0 saturated carbocycles. The van der Waals surface area contributed by atoms with Gasteiger partial charge in [-0.2, -0.15) is 0 Å². The summed E-state index contributed by atoms with van der Waals surface area (Å²) in [6.45, 7) is 3.07. The first-order valence-corrected chi connectivity index (χ1v) is 4.79. The van der Waals surface area contributed by atoms with Crippen LogP contribution in [0, 0.1) is 5.92 Å². The molecule has 2 heteroatoms. The minimum atomic E-state index is -0.138. The van der Waals surface area contributed by atoms with E-state index in [1.165, 1.54) is 12.0 Å². The van der Waals surface area contributed by atoms with Gasteiger partial charge in [0, 0.05) is 18.8 Å². The molecule has 3 atom stereocenters. The maximum Gasteiger partial charge on any atom is 0.171 e. The Morgan fingerprint density at radius 1 is 1.58 bits per heavy atom. The van der Waals surface area contributed by atoms with Gasteiger partial charge in [0.1, 0.15) is 0 Å². The zero-order valence-electron chi connectivity index (χ0n) is 7.38. The summed E-state index contributed by atoms with van der Waals surface area (Å²) in [6, 6.07) is 0. The summed E-state index contributed by atoms with van der Waals surface area (Å²) in [5.74, 6) is 0.515. The average Bonchev–Trinajstić information content (AvgIpc) is 2.53. The summed E-state index contributed by atoms with van der Waals surface area (Å²) >= 11 is 0. The molecule has 0 aromatic rings. The summed E-state index contributed by atoms with van der Waals surface area (Å²) in [5.41, 5.74) is 1.49. The zero-order chi connectivity index (χ0) is 8.18. The molecule has 3 aliphatic rings. The van der Waals surface area contributed by atoms with Crippen molar-refractivity contribution in [3.63, 3.8) is 0 Å². The fourth-order valence-electron chi connectivity index (χ4n) is 2.33. The molecule has 3 rings (SSSR count). The van der Waals surface area contributed by atoms with Crippen LogP contribution in [0.15, 0.2) is 11.6 Å². The molecule has 0 aromatic heterocycles. The first-order valence-electron chi connectivity index (χ1n) is 4.79. The van der Waals surface area contributed by atoms with Crippen LogP contribution in [0.4, 0.5) is 0 Å². The van der Waals surface area contributed by atoms with E-state index < -0.39 is 0 Å². The van der Waals surface area contributed by atoms with E-state index >= 15 is 0 Å². The van der Waals surface area contributed by atoms with Gasteiger partial charge in [-0.25, -0.2) is 0 Å². The van der Waals surface area contributed by atoms with Crippen LogP contribution in [0.2, 0.25) is 0 Å². The molecule has 0 radical (unpaired) electrons. The van der Waals surface area contributed by atoms with E-state index in [-0.39, 0.29) is 5.79 Å². The first kappa shape index (κ1) is 7.10. The Hall–Kier alpha value is -0.340. The maximum absolute atomic E-state index is 5.81. The quantitative estimate of drug-likeness (QED) is 0.553. The van der Waals surface area contributed by atoms with Gasteiger partial charge in [0.2, 0.25) is 0 Å². The second-order valence-electron chi connectivity index (χ2n) is 4.16. The lowest BCUT2D eigenvalue weighted by molar-refractivity contribution is -0.325. The van der Waals surface area contributed by atoms with Crippen molar-refractivity contribution in [3.8, 4) is 0 Å². The van der Waals surface area contributed by atoms with Crippen LogP contribution in [-0.2, 0) is 9.47 Å². The zero-order valence-corrected chi connectivity index (χ0v) is 7.38. The normalized spacial score (nSPS) is 50.6. The predicted octanol–water partition coefficient (Wildman–Crippen LogP) is 1.86. The molecule has 0 bridgehead atoms.